The van der Waals surface area contributed by atoms with E-state index in [0.29, 0.717) is 45.4 Å². The van der Waals surface area contributed by atoms with Crippen LogP contribution in [0.15, 0.2) is 30.3 Å². The van der Waals surface area contributed by atoms with Gasteiger partial charge in [-0.05, 0) is 66.4 Å². The molecule has 11 nitrogen and oxygen atoms in total. The van der Waals surface area contributed by atoms with Crippen LogP contribution in [-0.4, -0.2) is 73.0 Å². The normalized spacial score (nSPS) is 11.2. The van der Waals surface area contributed by atoms with E-state index < -0.39 is 29.5 Å². The minimum atomic E-state index is -0.668. The number of amides is 4. The molecule has 0 aromatic heterocycles. The third-order valence-corrected chi connectivity index (χ3v) is 4.71. The fraction of sp³-hybridized carbons (Fsp3) is 0.630. The molecule has 0 atom stereocenters. The first kappa shape index (κ1) is 32.5. The Balaban J connectivity index is 2.31. The topological polar surface area (TPSA) is 135 Å². The molecular formula is C27H44N4O7. The third kappa shape index (κ3) is 17.0. The quantitative estimate of drug-likeness (QED) is 0.256. The van der Waals surface area contributed by atoms with Gasteiger partial charge in [-0.15, -0.1) is 0 Å². The van der Waals surface area contributed by atoms with Gasteiger partial charge in [-0.3, -0.25) is 4.79 Å². The van der Waals surface area contributed by atoms with E-state index in [1.54, 1.807) is 46.4 Å². The molecular weight excluding hydrogens is 492 g/mol. The average molecular weight is 537 g/mol. The van der Waals surface area contributed by atoms with Crippen LogP contribution in [0.5, 0.6) is 0 Å². The van der Waals surface area contributed by atoms with E-state index in [1.807, 2.05) is 30.3 Å². The molecule has 0 unspecified atom stereocenters. The average Bonchev–Trinajstić information content (AvgIpc) is 2.80. The molecule has 1 aromatic rings. The van der Waals surface area contributed by atoms with Gasteiger partial charge in [0.05, 0.1) is 6.54 Å². The summed E-state index contributed by atoms with van der Waals surface area (Å²) in [7, 11) is 0. The van der Waals surface area contributed by atoms with E-state index in [1.165, 1.54) is 0 Å². The number of nitrogens with zero attached hydrogens (tertiary/aromatic N) is 1. The standard InChI is InChI=1S/C27H44N4O7/c1-26(2,3)37-24(34)29-16-12-18-31(25(35)38-27(4,5)6)17-11-10-15-28-22(32)19-30-23(33)36-20-21-13-8-7-9-14-21/h7-9,13-14H,10-12,15-20H2,1-6H3,(H,28,32)(H,29,34)(H,30,33). The van der Waals surface area contributed by atoms with Crippen molar-refractivity contribution in [3.63, 3.8) is 0 Å². The summed E-state index contributed by atoms with van der Waals surface area (Å²) in [5, 5.41) is 7.83. The molecule has 1 rings (SSSR count). The molecule has 0 spiro atoms. The van der Waals surface area contributed by atoms with Gasteiger partial charge >= 0.3 is 18.3 Å². The molecule has 0 heterocycles. The van der Waals surface area contributed by atoms with Crippen LogP contribution in [0.2, 0.25) is 0 Å². The molecule has 0 radical (unpaired) electrons. The smallest absolute Gasteiger partial charge is 0.410 e. The molecule has 0 fully saturated rings. The number of unbranched alkanes of at least 4 members (excludes halogenated alkanes) is 1. The molecule has 0 aliphatic carbocycles. The number of hydrogen-bond acceptors (Lipinski definition) is 7. The van der Waals surface area contributed by atoms with Gasteiger partial charge in [-0.1, -0.05) is 30.3 Å². The maximum atomic E-state index is 12.6. The number of hydrogen-bond donors (Lipinski definition) is 3. The van der Waals surface area contributed by atoms with Crippen LogP contribution < -0.4 is 16.0 Å². The number of rotatable bonds is 13. The van der Waals surface area contributed by atoms with Crippen molar-refractivity contribution in [2.24, 2.45) is 0 Å². The van der Waals surface area contributed by atoms with E-state index in [2.05, 4.69) is 16.0 Å². The third-order valence-electron chi connectivity index (χ3n) is 4.71. The van der Waals surface area contributed by atoms with Gasteiger partial charge in [0.2, 0.25) is 5.91 Å². The van der Waals surface area contributed by atoms with E-state index in [0.717, 1.165) is 5.56 Å². The number of carbonyl (C=O) groups is 4. The summed E-state index contributed by atoms with van der Waals surface area (Å²) in [4.78, 5) is 49.7. The molecule has 0 saturated carbocycles. The highest BCUT2D eigenvalue weighted by Gasteiger charge is 2.22. The van der Waals surface area contributed by atoms with Crippen molar-refractivity contribution in [2.75, 3.05) is 32.7 Å². The first-order valence-corrected chi connectivity index (χ1v) is 12.9. The lowest BCUT2D eigenvalue weighted by Gasteiger charge is -2.27. The van der Waals surface area contributed by atoms with Crippen LogP contribution in [0.4, 0.5) is 14.4 Å². The van der Waals surface area contributed by atoms with Crippen molar-refractivity contribution in [1.29, 1.82) is 0 Å². The Morgan fingerprint density at radius 3 is 1.97 bits per heavy atom. The lowest BCUT2D eigenvalue weighted by Crippen LogP contribution is -2.40. The highest BCUT2D eigenvalue weighted by Crippen LogP contribution is 2.11. The van der Waals surface area contributed by atoms with Crippen LogP contribution in [-0.2, 0) is 25.6 Å². The SMILES string of the molecule is CC(C)(C)OC(=O)NCCCN(CCCCNC(=O)CNC(=O)OCc1ccccc1)C(=O)OC(C)(C)C. The number of alkyl carbamates (subject to hydrolysis) is 2. The number of benzene rings is 1. The maximum Gasteiger partial charge on any atom is 0.410 e. The predicted molar refractivity (Wildman–Crippen MR) is 144 cm³/mol. The van der Waals surface area contributed by atoms with E-state index in [-0.39, 0.29) is 19.1 Å². The van der Waals surface area contributed by atoms with Crippen molar-refractivity contribution in [3.05, 3.63) is 35.9 Å². The van der Waals surface area contributed by atoms with Crippen molar-refractivity contribution < 1.29 is 33.4 Å². The fourth-order valence-electron chi connectivity index (χ4n) is 3.04. The summed E-state index contributed by atoms with van der Waals surface area (Å²) in [5.74, 6) is -0.334. The second kappa shape index (κ2) is 16.4. The van der Waals surface area contributed by atoms with Gasteiger partial charge in [0.1, 0.15) is 17.8 Å². The summed E-state index contributed by atoms with van der Waals surface area (Å²) < 4.78 is 15.8. The minimum absolute atomic E-state index is 0.125. The first-order chi connectivity index (χ1) is 17.7. The second-order valence-corrected chi connectivity index (χ2v) is 10.7. The molecule has 3 N–H and O–H groups in total. The lowest BCUT2D eigenvalue weighted by molar-refractivity contribution is -0.120. The minimum Gasteiger partial charge on any atom is -0.445 e. The Hall–Kier alpha value is -3.50. The molecule has 0 saturated heterocycles. The van der Waals surface area contributed by atoms with E-state index in [4.69, 9.17) is 14.2 Å². The first-order valence-electron chi connectivity index (χ1n) is 12.9. The summed E-state index contributed by atoms with van der Waals surface area (Å²) >= 11 is 0. The monoisotopic (exact) mass is 536 g/mol. The van der Waals surface area contributed by atoms with Gasteiger partial charge in [0, 0.05) is 26.2 Å². The Morgan fingerprint density at radius 1 is 0.737 bits per heavy atom. The van der Waals surface area contributed by atoms with Gasteiger partial charge in [-0.2, -0.15) is 0 Å². The maximum absolute atomic E-state index is 12.6. The predicted octanol–water partition coefficient (Wildman–Crippen LogP) is 3.96. The Labute approximate surface area is 225 Å². The van der Waals surface area contributed by atoms with Gasteiger partial charge in [-0.25, -0.2) is 14.4 Å². The Kier molecular flexibility index (Phi) is 14.0. The van der Waals surface area contributed by atoms with Gasteiger partial charge < -0.3 is 35.1 Å². The van der Waals surface area contributed by atoms with Crippen LogP contribution in [0.25, 0.3) is 0 Å². The van der Waals surface area contributed by atoms with Gasteiger partial charge in [0.25, 0.3) is 0 Å². The summed E-state index contributed by atoms with van der Waals surface area (Å²) in [6.07, 6.45) is 0.179. The number of nitrogens with one attached hydrogen (secondary N) is 3. The van der Waals surface area contributed by atoms with Crippen LogP contribution in [0.1, 0.15) is 66.4 Å². The van der Waals surface area contributed by atoms with Crippen molar-refractivity contribution in [3.8, 4) is 0 Å². The molecule has 4 amide bonds. The lowest BCUT2D eigenvalue weighted by atomic mass is 10.2. The Morgan fingerprint density at radius 2 is 1.34 bits per heavy atom. The Bertz CT molecular complexity index is 880. The van der Waals surface area contributed by atoms with Crippen LogP contribution in [0.3, 0.4) is 0 Å². The van der Waals surface area contributed by atoms with Crippen molar-refractivity contribution >= 4 is 24.2 Å². The largest absolute Gasteiger partial charge is 0.445 e. The van der Waals surface area contributed by atoms with E-state index in [9.17, 15) is 19.2 Å². The number of ether oxygens (including phenoxy) is 3. The zero-order valence-corrected chi connectivity index (χ0v) is 23.6. The van der Waals surface area contributed by atoms with Crippen molar-refractivity contribution in [1.82, 2.24) is 20.9 Å². The van der Waals surface area contributed by atoms with E-state index >= 15 is 0 Å². The summed E-state index contributed by atoms with van der Waals surface area (Å²) in [6.45, 7) is 12.3. The molecule has 214 valence electrons. The highest BCUT2D eigenvalue weighted by atomic mass is 16.6. The molecule has 0 aliphatic heterocycles. The zero-order chi connectivity index (χ0) is 28.6. The second-order valence-electron chi connectivity index (χ2n) is 10.7. The van der Waals surface area contributed by atoms with Gasteiger partial charge in [0.15, 0.2) is 0 Å². The molecule has 1 aromatic carbocycles. The highest BCUT2D eigenvalue weighted by molar-refractivity contribution is 5.82. The van der Waals surface area contributed by atoms with Crippen LogP contribution >= 0.6 is 0 Å². The summed E-state index contributed by atoms with van der Waals surface area (Å²) in [6, 6.07) is 9.24. The zero-order valence-electron chi connectivity index (χ0n) is 23.6. The number of carbonyl (C=O) groups excluding carboxylic acids is 4. The molecule has 38 heavy (non-hydrogen) atoms. The fourth-order valence-corrected chi connectivity index (χ4v) is 3.04. The summed E-state index contributed by atoms with van der Waals surface area (Å²) in [5.41, 5.74) is -0.358. The molecule has 11 heteroatoms. The molecule has 0 bridgehead atoms. The van der Waals surface area contributed by atoms with Crippen LogP contribution in [0, 0.1) is 0 Å². The molecule has 0 aliphatic rings. The van der Waals surface area contributed by atoms with Crippen molar-refractivity contribution in [2.45, 2.75) is 78.6 Å².